The zero-order valence-corrected chi connectivity index (χ0v) is 7.08. The average molecular weight is 205 g/mol. The van der Waals surface area contributed by atoms with Gasteiger partial charge >= 0.3 is 6.18 Å². The third kappa shape index (κ3) is 2.42. The Kier molecular flexibility index (Phi) is 2.56. The maximum atomic E-state index is 12.0. The van der Waals surface area contributed by atoms with Gasteiger partial charge in [0.15, 0.2) is 0 Å². The number of alkyl halides is 3. The fraction of sp³-hybridized carbons (Fsp3) is 0.125. The summed E-state index contributed by atoms with van der Waals surface area (Å²) in [7, 11) is 0. The molecular weight excluding hydrogens is 201 g/mol. The molecule has 0 heterocycles. The van der Waals surface area contributed by atoms with Crippen molar-refractivity contribution in [3.05, 3.63) is 35.4 Å². The highest BCUT2D eigenvalue weighted by atomic mass is 32.1. The Bertz CT molecular complexity index is 315. The van der Waals surface area contributed by atoms with Crippen LogP contribution in [-0.4, -0.2) is 5.05 Å². The lowest BCUT2D eigenvalue weighted by Gasteiger charge is -2.05. The summed E-state index contributed by atoms with van der Waals surface area (Å²) in [5.74, 6) is 0. The van der Waals surface area contributed by atoms with Crippen molar-refractivity contribution in [1.29, 1.82) is 0 Å². The third-order valence-corrected chi connectivity index (χ3v) is 1.68. The molecule has 0 saturated heterocycles. The molecular formula is C8H4F3OS. The summed E-state index contributed by atoms with van der Waals surface area (Å²) < 4.78 is 36.0. The molecule has 0 bridgehead atoms. The van der Waals surface area contributed by atoms with Crippen LogP contribution in [0.15, 0.2) is 24.3 Å². The van der Waals surface area contributed by atoms with E-state index in [4.69, 9.17) is 0 Å². The standard InChI is InChI=1S/C8H4F3OS/c9-8(10,11)6-3-1-5(2-4-6)7(12)13/h1-4H. The first kappa shape index (κ1) is 9.98. The Morgan fingerprint density at radius 2 is 1.62 bits per heavy atom. The number of rotatable bonds is 1. The third-order valence-electron chi connectivity index (χ3n) is 1.45. The topological polar surface area (TPSA) is 19.9 Å². The van der Waals surface area contributed by atoms with Crippen molar-refractivity contribution < 1.29 is 18.3 Å². The van der Waals surface area contributed by atoms with E-state index in [2.05, 4.69) is 12.2 Å². The second-order valence-corrected chi connectivity index (χ2v) is 2.73. The van der Waals surface area contributed by atoms with Gasteiger partial charge in [0.25, 0.3) is 0 Å². The van der Waals surface area contributed by atoms with Crippen molar-refractivity contribution in [3.8, 4) is 0 Å². The molecule has 0 amide bonds. The molecule has 0 aliphatic carbocycles. The zero-order valence-electron chi connectivity index (χ0n) is 6.26. The quantitative estimate of drug-likeness (QED) is 0.645. The molecule has 13 heavy (non-hydrogen) atoms. The van der Waals surface area contributed by atoms with Crippen LogP contribution in [0.4, 0.5) is 13.2 Å². The summed E-state index contributed by atoms with van der Waals surface area (Å²) in [5, 5.41) is 9.88. The van der Waals surface area contributed by atoms with Crippen LogP contribution in [0.2, 0.25) is 0 Å². The highest BCUT2D eigenvalue weighted by Gasteiger charge is 2.30. The van der Waals surface area contributed by atoms with E-state index in [1.54, 1.807) is 0 Å². The largest absolute Gasteiger partial charge is 0.416 e. The summed E-state index contributed by atoms with van der Waals surface area (Å²) in [6.07, 6.45) is -4.37. The number of thiocarbonyl (C=S) groups is 1. The molecule has 0 fully saturated rings. The van der Waals surface area contributed by atoms with Crippen LogP contribution in [0.1, 0.15) is 11.1 Å². The van der Waals surface area contributed by atoms with Gasteiger partial charge in [-0.3, -0.25) is 5.11 Å². The maximum absolute atomic E-state index is 12.0. The smallest absolute Gasteiger partial charge is 0.276 e. The van der Waals surface area contributed by atoms with Gasteiger partial charge in [-0.2, -0.15) is 13.2 Å². The normalized spacial score (nSPS) is 11.3. The Morgan fingerprint density at radius 1 is 1.15 bits per heavy atom. The fourth-order valence-corrected chi connectivity index (χ4v) is 0.931. The molecule has 1 aromatic carbocycles. The van der Waals surface area contributed by atoms with Crippen LogP contribution in [-0.2, 0) is 11.3 Å². The molecule has 0 spiro atoms. The molecule has 0 aromatic heterocycles. The maximum Gasteiger partial charge on any atom is 0.416 e. The molecule has 1 nitrogen and oxygen atoms in total. The molecule has 69 valence electrons. The van der Waals surface area contributed by atoms with Gasteiger partial charge in [-0.25, -0.2) is 0 Å². The number of benzene rings is 1. The molecule has 0 N–H and O–H groups in total. The molecule has 5 heteroatoms. The van der Waals surface area contributed by atoms with Crippen molar-refractivity contribution in [1.82, 2.24) is 0 Å². The second kappa shape index (κ2) is 3.33. The van der Waals surface area contributed by atoms with E-state index in [1.165, 1.54) is 0 Å². The van der Waals surface area contributed by atoms with E-state index < -0.39 is 16.8 Å². The number of hydrogen-bond donors (Lipinski definition) is 0. The molecule has 0 aliphatic heterocycles. The van der Waals surface area contributed by atoms with Gasteiger partial charge in [-0.15, -0.1) is 0 Å². The van der Waals surface area contributed by atoms with Gasteiger partial charge in [0.1, 0.15) is 0 Å². The van der Waals surface area contributed by atoms with Crippen molar-refractivity contribution in [3.63, 3.8) is 0 Å². The molecule has 0 aliphatic rings. The second-order valence-electron chi connectivity index (χ2n) is 2.36. The van der Waals surface area contributed by atoms with Crippen LogP contribution in [0.5, 0.6) is 0 Å². The van der Waals surface area contributed by atoms with Crippen molar-refractivity contribution in [2.75, 3.05) is 0 Å². The fourth-order valence-electron chi connectivity index (χ4n) is 0.795. The van der Waals surface area contributed by atoms with E-state index in [0.717, 1.165) is 24.3 Å². The molecule has 1 rings (SSSR count). The zero-order chi connectivity index (χ0) is 10.1. The van der Waals surface area contributed by atoms with E-state index in [9.17, 15) is 18.3 Å². The summed E-state index contributed by atoms with van der Waals surface area (Å²) in [5.41, 5.74) is -0.685. The Hall–Kier alpha value is -1.10. The first-order valence-electron chi connectivity index (χ1n) is 3.30. The minimum absolute atomic E-state index is 0.100. The lowest BCUT2D eigenvalue weighted by Crippen LogP contribution is -2.05. The van der Waals surface area contributed by atoms with E-state index in [1.807, 2.05) is 0 Å². The van der Waals surface area contributed by atoms with Crippen LogP contribution < -0.4 is 0 Å². The van der Waals surface area contributed by atoms with Crippen LogP contribution in [0.25, 0.3) is 0 Å². The molecule has 0 saturated carbocycles. The number of halogens is 3. The van der Waals surface area contributed by atoms with Crippen LogP contribution >= 0.6 is 12.2 Å². The summed E-state index contributed by atoms with van der Waals surface area (Å²) in [6.45, 7) is 0. The molecule has 1 aromatic rings. The Balaban J connectivity index is 3.01. The molecule has 1 radical (unpaired) electrons. The summed E-state index contributed by atoms with van der Waals surface area (Å²) in [6, 6.07) is 3.80. The minimum Gasteiger partial charge on any atom is -0.276 e. The summed E-state index contributed by atoms with van der Waals surface area (Å²) in [4.78, 5) is 0. The van der Waals surface area contributed by atoms with Crippen molar-refractivity contribution >= 4 is 17.3 Å². The van der Waals surface area contributed by atoms with Crippen molar-refractivity contribution in [2.45, 2.75) is 6.18 Å². The van der Waals surface area contributed by atoms with Crippen LogP contribution in [0.3, 0.4) is 0 Å². The lowest BCUT2D eigenvalue weighted by atomic mass is 10.1. The van der Waals surface area contributed by atoms with Gasteiger partial charge in [0.2, 0.25) is 5.05 Å². The van der Waals surface area contributed by atoms with Crippen LogP contribution in [0, 0.1) is 0 Å². The van der Waals surface area contributed by atoms with Gasteiger partial charge < -0.3 is 0 Å². The van der Waals surface area contributed by atoms with E-state index in [0.29, 0.717) is 0 Å². The summed E-state index contributed by atoms with van der Waals surface area (Å²) >= 11 is 4.26. The van der Waals surface area contributed by atoms with Gasteiger partial charge in [-0.05, 0) is 36.5 Å². The molecule has 0 unspecified atom stereocenters. The highest BCUT2D eigenvalue weighted by molar-refractivity contribution is 7.80. The van der Waals surface area contributed by atoms with Gasteiger partial charge in [0.05, 0.1) is 5.56 Å². The predicted molar refractivity (Wildman–Crippen MR) is 43.8 cm³/mol. The predicted octanol–water partition coefficient (Wildman–Crippen LogP) is 2.81. The Morgan fingerprint density at radius 3 is 1.92 bits per heavy atom. The first-order valence-corrected chi connectivity index (χ1v) is 3.70. The van der Waals surface area contributed by atoms with E-state index in [-0.39, 0.29) is 5.56 Å². The molecule has 0 atom stereocenters. The average Bonchev–Trinajstić information content (AvgIpc) is 2.03. The highest BCUT2D eigenvalue weighted by Crippen LogP contribution is 2.29. The van der Waals surface area contributed by atoms with Gasteiger partial charge in [-0.1, -0.05) is 0 Å². The van der Waals surface area contributed by atoms with Crippen molar-refractivity contribution in [2.24, 2.45) is 0 Å². The Labute approximate surface area is 77.8 Å². The monoisotopic (exact) mass is 205 g/mol. The van der Waals surface area contributed by atoms with E-state index >= 15 is 0 Å². The first-order chi connectivity index (χ1) is 5.91. The minimum atomic E-state index is -4.37. The number of hydrogen-bond acceptors (Lipinski definition) is 1. The SMILES string of the molecule is [O]C(=S)c1ccc(C(F)(F)F)cc1. The lowest BCUT2D eigenvalue weighted by molar-refractivity contribution is -0.137. The van der Waals surface area contributed by atoms with Gasteiger partial charge in [0, 0.05) is 5.56 Å².